The van der Waals surface area contributed by atoms with E-state index in [1.807, 2.05) is 0 Å². The lowest BCUT2D eigenvalue weighted by Crippen LogP contribution is -2.42. The highest BCUT2D eigenvalue weighted by Crippen LogP contribution is 2.52. The van der Waals surface area contributed by atoms with Crippen LogP contribution in [0.25, 0.3) is 0 Å². The van der Waals surface area contributed by atoms with Gasteiger partial charge in [-0.25, -0.2) is 0 Å². The third-order valence-electron chi connectivity index (χ3n) is 4.47. The molecule has 2 aliphatic rings. The van der Waals surface area contributed by atoms with Crippen molar-refractivity contribution < 1.29 is 10.2 Å². The van der Waals surface area contributed by atoms with Crippen LogP contribution in [0.2, 0.25) is 0 Å². The van der Waals surface area contributed by atoms with Gasteiger partial charge in [-0.15, -0.1) is 0 Å². The molecule has 0 aromatic carbocycles. The third-order valence-corrected chi connectivity index (χ3v) is 4.47. The standard InChI is InChI=1S/C12H22O2/c1-7-4-5-8-6-12(2,3)11(14)9(8)10(7)13/h7-11,13-14H,4-6H2,1-3H3/t7-,8?,9?,10?,11?/m0/s1. The largest absolute Gasteiger partial charge is 0.392 e. The lowest BCUT2D eigenvalue weighted by molar-refractivity contribution is -0.0584. The Bertz CT molecular complexity index is 224. The van der Waals surface area contributed by atoms with E-state index in [1.54, 1.807) is 0 Å². The molecule has 4 unspecified atom stereocenters. The van der Waals surface area contributed by atoms with Crippen LogP contribution in [0.5, 0.6) is 0 Å². The van der Waals surface area contributed by atoms with E-state index in [1.165, 1.54) is 6.42 Å². The first-order valence-corrected chi connectivity index (χ1v) is 5.79. The molecule has 2 rings (SSSR count). The number of fused-ring (bicyclic) bond motifs is 1. The van der Waals surface area contributed by atoms with E-state index < -0.39 is 0 Å². The molecular weight excluding hydrogens is 176 g/mol. The van der Waals surface area contributed by atoms with Crippen LogP contribution < -0.4 is 0 Å². The maximum absolute atomic E-state index is 10.2. The monoisotopic (exact) mass is 198 g/mol. The van der Waals surface area contributed by atoms with Crippen LogP contribution in [0.1, 0.15) is 40.0 Å². The van der Waals surface area contributed by atoms with E-state index in [4.69, 9.17) is 0 Å². The minimum absolute atomic E-state index is 0.000370. The fraction of sp³-hybridized carbons (Fsp3) is 1.00. The summed E-state index contributed by atoms with van der Waals surface area (Å²) in [6.45, 7) is 6.33. The number of aliphatic hydroxyl groups excluding tert-OH is 2. The Balaban J connectivity index is 2.21. The summed E-state index contributed by atoms with van der Waals surface area (Å²) in [4.78, 5) is 0. The second kappa shape index (κ2) is 3.21. The first-order chi connectivity index (χ1) is 6.43. The van der Waals surface area contributed by atoms with Gasteiger partial charge in [-0.2, -0.15) is 0 Å². The summed E-state index contributed by atoms with van der Waals surface area (Å²) in [6.07, 6.45) is 2.77. The minimum Gasteiger partial charge on any atom is -0.392 e. The Morgan fingerprint density at radius 3 is 2.43 bits per heavy atom. The third kappa shape index (κ3) is 1.40. The summed E-state index contributed by atoms with van der Waals surface area (Å²) in [5, 5.41) is 20.3. The van der Waals surface area contributed by atoms with Gasteiger partial charge >= 0.3 is 0 Å². The summed E-state index contributed by atoms with van der Waals surface area (Å²) < 4.78 is 0. The predicted octanol–water partition coefficient (Wildman–Crippen LogP) is 1.80. The lowest BCUT2D eigenvalue weighted by Gasteiger charge is -2.37. The van der Waals surface area contributed by atoms with Crippen molar-refractivity contribution in [3.05, 3.63) is 0 Å². The average Bonchev–Trinajstić information content (AvgIpc) is 2.32. The number of hydrogen-bond donors (Lipinski definition) is 2. The Hall–Kier alpha value is -0.0800. The molecule has 0 aromatic rings. The highest BCUT2D eigenvalue weighted by Gasteiger charge is 2.52. The number of aliphatic hydroxyl groups is 2. The second-order valence-corrected chi connectivity index (χ2v) is 6.02. The normalized spacial score (nSPS) is 51.6. The molecule has 0 bridgehead atoms. The van der Waals surface area contributed by atoms with Gasteiger partial charge in [-0.3, -0.25) is 0 Å². The van der Waals surface area contributed by atoms with Gasteiger partial charge < -0.3 is 10.2 Å². The molecule has 2 fully saturated rings. The van der Waals surface area contributed by atoms with Crippen LogP contribution in [-0.2, 0) is 0 Å². The van der Waals surface area contributed by atoms with E-state index in [0.29, 0.717) is 11.8 Å². The number of hydrogen-bond acceptors (Lipinski definition) is 2. The van der Waals surface area contributed by atoms with Gasteiger partial charge in [0, 0.05) is 5.92 Å². The van der Waals surface area contributed by atoms with Crippen molar-refractivity contribution in [3.8, 4) is 0 Å². The molecule has 0 spiro atoms. The lowest BCUT2D eigenvalue weighted by atomic mass is 9.73. The minimum atomic E-state index is -0.315. The van der Waals surface area contributed by atoms with Gasteiger partial charge in [-0.1, -0.05) is 20.8 Å². The van der Waals surface area contributed by atoms with Crippen molar-refractivity contribution in [2.75, 3.05) is 0 Å². The summed E-state index contributed by atoms with van der Waals surface area (Å²) in [5.41, 5.74) is 0.000370. The van der Waals surface area contributed by atoms with Crippen molar-refractivity contribution in [2.45, 2.75) is 52.2 Å². The van der Waals surface area contributed by atoms with E-state index in [9.17, 15) is 10.2 Å². The molecule has 0 aliphatic heterocycles. The van der Waals surface area contributed by atoms with Crippen LogP contribution >= 0.6 is 0 Å². The molecule has 14 heavy (non-hydrogen) atoms. The molecule has 2 nitrogen and oxygen atoms in total. The molecule has 0 saturated heterocycles. The van der Waals surface area contributed by atoms with E-state index in [2.05, 4.69) is 20.8 Å². The quantitative estimate of drug-likeness (QED) is 0.623. The SMILES string of the molecule is C[C@H]1CCC2CC(C)(C)C(O)C2C1O. The van der Waals surface area contributed by atoms with Crippen molar-refractivity contribution in [2.24, 2.45) is 23.2 Å². The van der Waals surface area contributed by atoms with Crippen LogP contribution in [-0.4, -0.2) is 22.4 Å². The summed E-state index contributed by atoms with van der Waals surface area (Å²) in [5.74, 6) is 1.04. The fourth-order valence-corrected chi connectivity index (χ4v) is 3.50. The van der Waals surface area contributed by atoms with E-state index in [0.717, 1.165) is 12.8 Å². The van der Waals surface area contributed by atoms with Gasteiger partial charge in [0.25, 0.3) is 0 Å². The molecule has 5 atom stereocenters. The zero-order valence-corrected chi connectivity index (χ0v) is 9.40. The maximum Gasteiger partial charge on any atom is 0.0646 e. The maximum atomic E-state index is 10.2. The van der Waals surface area contributed by atoms with Gasteiger partial charge in [-0.05, 0) is 36.5 Å². The van der Waals surface area contributed by atoms with Crippen LogP contribution in [0.3, 0.4) is 0 Å². The summed E-state index contributed by atoms with van der Waals surface area (Å²) >= 11 is 0. The van der Waals surface area contributed by atoms with E-state index >= 15 is 0 Å². The molecule has 2 N–H and O–H groups in total. The smallest absolute Gasteiger partial charge is 0.0646 e. The Labute approximate surface area is 86.3 Å². The molecular formula is C12H22O2. The van der Waals surface area contributed by atoms with Gasteiger partial charge in [0.2, 0.25) is 0 Å². The molecule has 0 aromatic heterocycles. The van der Waals surface area contributed by atoms with Crippen LogP contribution in [0, 0.1) is 23.2 Å². The highest BCUT2D eigenvalue weighted by atomic mass is 16.3. The fourth-order valence-electron chi connectivity index (χ4n) is 3.50. The highest BCUT2D eigenvalue weighted by molar-refractivity contribution is 5.02. The molecule has 2 aliphatic carbocycles. The van der Waals surface area contributed by atoms with Crippen molar-refractivity contribution in [3.63, 3.8) is 0 Å². The van der Waals surface area contributed by atoms with Crippen molar-refractivity contribution in [1.29, 1.82) is 0 Å². The molecule has 0 heterocycles. The Morgan fingerprint density at radius 2 is 1.79 bits per heavy atom. The van der Waals surface area contributed by atoms with Gasteiger partial charge in [0.05, 0.1) is 12.2 Å². The molecule has 82 valence electrons. The second-order valence-electron chi connectivity index (χ2n) is 6.02. The van der Waals surface area contributed by atoms with Crippen LogP contribution in [0.15, 0.2) is 0 Å². The molecule has 0 radical (unpaired) electrons. The van der Waals surface area contributed by atoms with Gasteiger partial charge in [0.15, 0.2) is 0 Å². The van der Waals surface area contributed by atoms with Crippen molar-refractivity contribution >= 4 is 0 Å². The molecule has 2 saturated carbocycles. The summed E-state index contributed by atoms with van der Waals surface area (Å²) in [6, 6.07) is 0. The van der Waals surface area contributed by atoms with Crippen molar-refractivity contribution in [1.82, 2.24) is 0 Å². The van der Waals surface area contributed by atoms with E-state index in [-0.39, 0.29) is 23.5 Å². The first-order valence-electron chi connectivity index (χ1n) is 5.79. The first kappa shape index (κ1) is 10.4. The van der Waals surface area contributed by atoms with Crippen LogP contribution in [0.4, 0.5) is 0 Å². The molecule has 2 heteroatoms. The predicted molar refractivity (Wildman–Crippen MR) is 55.8 cm³/mol. The number of rotatable bonds is 0. The Kier molecular flexibility index (Phi) is 2.39. The van der Waals surface area contributed by atoms with Gasteiger partial charge in [0.1, 0.15) is 0 Å². The zero-order valence-electron chi connectivity index (χ0n) is 9.40. The zero-order chi connectivity index (χ0) is 10.5. The Morgan fingerprint density at radius 1 is 1.14 bits per heavy atom. The average molecular weight is 198 g/mol. The summed E-state index contributed by atoms with van der Waals surface area (Å²) in [7, 11) is 0. The molecule has 0 amide bonds. The topological polar surface area (TPSA) is 40.5 Å².